The van der Waals surface area contributed by atoms with Gasteiger partial charge in [0.15, 0.2) is 0 Å². The Morgan fingerprint density at radius 2 is 1.94 bits per heavy atom. The second-order valence-corrected chi connectivity index (χ2v) is 8.47. The number of fused-ring (bicyclic) bond motifs is 1. The molecule has 4 nitrogen and oxygen atoms in total. The van der Waals surface area contributed by atoms with E-state index in [2.05, 4.69) is 47.0 Å². The first-order valence-electron chi connectivity index (χ1n) is 11.1. The van der Waals surface area contributed by atoms with Gasteiger partial charge in [-0.25, -0.2) is 0 Å². The fraction of sp³-hybridized carbons (Fsp3) is 0.296. The number of nitrogens with one attached hydrogen (secondary N) is 2. The molecule has 1 saturated carbocycles. The third kappa shape index (κ3) is 4.08. The van der Waals surface area contributed by atoms with Gasteiger partial charge < -0.3 is 15.4 Å². The summed E-state index contributed by atoms with van der Waals surface area (Å²) in [7, 11) is 1.70. The van der Waals surface area contributed by atoms with E-state index in [0.29, 0.717) is 12.5 Å². The standard InChI is InChI=1S/C27H28N2O2/c1-31-21-9-5-8-19(14-21)22-11-10-20(26-17-28-13-12-23(22)26)16-29-27(30)25-15-24(25)18-6-3-2-4-7-18/h2-11,14,24-25,28H,12-13,15-17H2,1H3,(H,29,30). The first-order valence-corrected chi connectivity index (χ1v) is 11.1. The fourth-order valence-electron chi connectivity index (χ4n) is 4.77. The first kappa shape index (κ1) is 19.8. The Morgan fingerprint density at radius 3 is 2.77 bits per heavy atom. The molecule has 0 spiro atoms. The molecule has 158 valence electrons. The molecular weight excluding hydrogens is 384 g/mol. The molecule has 3 aromatic carbocycles. The van der Waals surface area contributed by atoms with Crippen LogP contribution in [-0.2, 0) is 24.3 Å². The monoisotopic (exact) mass is 412 g/mol. The van der Waals surface area contributed by atoms with Gasteiger partial charge in [0.1, 0.15) is 5.75 Å². The van der Waals surface area contributed by atoms with Crippen LogP contribution < -0.4 is 15.4 Å². The Hall–Kier alpha value is -3.11. The molecule has 1 aliphatic heterocycles. The Labute approximate surface area is 183 Å². The van der Waals surface area contributed by atoms with Crippen molar-refractivity contribution in [2.24, 2.45) is 5.92 Å². The van der Waals surface area contributed by atoms with Crippen LogP contribution in [0.15, 0.2) is 66.7 Å². The number of benzene rings is 3. The number of rotatable bonds is 6. The van der Waals surface area contributed by atoms with Gasteiger partial charge in [0, 0.05) is 19.0 Å². The van der Waals surface area contributed by atoms with E-state index in [1.807, 2.05) is 30.3 Å². The van der Waals surface area contributed by atoms with E-state index in [4.69, 9.17) is 4.74 Å². The quantitative estimate of drug-likeness (QED) is 0.630. The van der Waals surface area contributed by atoms with Gasteiger partial charge in [0.05, 0.1) is 7.11 Å². The van der Waals surface area contributed by atoms with Crippen LogP contribution >= 0.6 is 0 Å². The molecule has 0 aromatic heterocycles. The smallest absolute Gasteiger partial charge is 0.224 e. The van der Waals surface area contributed by atoms with Gasteiger partial charge in [-0.1, -0.05) is 54.6 Å². The van der Waals surface area contributed by atoms with Gasteiger partial charge in [0.2, 0.25) is 5.91 Å². The third-order valence-electron chi connectivity index (χ3n) is 6.57. The summed E-state index contributed by atoms with van der Waals surface area (Å²) in [5, 5.41) is 6.70. The highest BCUT2D eigenvalue weighted by Crippen LogP contribution is 2.47. The van der Waals surface area contributed by atoms with Crippen molar-refractivity contribution < 1.29 is 9.53 Å². The number of hydrogen-bond donors (Lipinski definition) is 2. The molecule has 2 unspecified atom stereocenters. The number of methoxy groups -OCH3 is 1. The van der Waals surface area contributed by atoms with Crippen molar-refractivity contribution in [2.45, 2.75) is 31.8 Å². The molecule has 4 heteroatoms. The van der Waals surface area contributed by atoms with Crippen molar-refractivity contribution in [2.75, 3.05) is 13.7 Å². The zero-order valence-electron chi connectivity index (χ0n) is 17.9. The van der Waals surface area contributed by atoms with Gasteiger partial charge in [-0.3, -0.25) is 4.79 Å². The Kier molecular flexibility index (Phi) is 5.47. The van der Waals surface area contributed by atoms with Crippen LogP contribution in [0.3, 0.4) is 0 Å². The maximum Gasteiger partial charge on any atom is 0.224 e. The van der Waals surface area contributed by atoms with E-state index in [1.54, 1.807) is 7.11 Å². The van der Waals surface area contributed by atoms with Crippen molar-refractivity contribution in [3.63, 3.8) is 0 Å². The molecular formula is C27H28N2O2. The molecule has 0 radical (unpaired) electrons. The number of amides is 1. The van der Waals surface area contributed by atoms with Gasteiger partial charge in [-0.2, -0.15) is 0 Å². The lowest BCUT2D eigenvalue weighted by molar-refractivity contribution is -0.122. The largest absolute Gasteiger partial charge is 0.497 e. The van der Waals surface area contributed by atoms with E-state index < -0.39 is 0 Å². The van der Waals surface area contributed by atoms with Crippen LogP contribution in [-0.4, -0.2) is 19.6 Å². The van der Waals surface area contributed by atoms with E-state index in [9.17, 15) is 4.79 Å². The average Bonchev–Trinajstić information content (AvgIpc) is 3.64. The zero-order chi connectivity index (χ0) is 21.2. The van der Waals surface area contributed by atoms with Gasteiger partial charge >= 0.3 is 0 Å². The summed E-state index contributed by atoms with van der Waals surface area (Å²) in [6.45, 7) is 2.40. The molecule has 3 aromatic rings. The Balaban J connectivity index is 1.33. The van der Waals surface area contributed by atoms with Crippen molar-refractivity contribution in [3.8, 4) is 16.9 Å². The summed E-state index contributed by atoms with van der Waals surface area (Å²) in [6.07, 6.45) is 1.94. The van der Waals surface area contributed by atoms with E-state index >= 15 is 0 Å². The maximum absolute atomic E-state index is 12.7. The van der Waals surface area contributed by atoms with Gasteiger partial charge in [-0.05, 0) is 70.8 Å². The van der Waals surface area contributed by atoms with Gasteiger partial charge in [0.25, 0.3) is 0 Å². The molecule has 1 amide bonds. The van der Waals surface area contributed by atoms with E-state index in [-0.39, 0.29) is 11.8 Å². The minimum atomic E-state index is 0.104. The molecule has 2 aliphatic rings. The van der Waals surface area contributed by atoms with Crippen molar-refractivity contribution in [1.82, 2.24) is 10.6 Å². The average molecular weight is 413 g/mol. The molecule has 5 rings (SSSR count). The topological polar surface area (TPSA) is 50.4 Å². The minimum absolute atomic E-state index is 0.104. The molecule has 0 bridgehead atoms. The minimum Gasteiger partial charge on any atom is -0.497 e. The van der Waals surface area contributed by atoms with Crippen LogP contribution in [0.25, 0.3) is 11.1 Å². The molecule has 2 N–H and O–H groups in total. The lowest BCUT2D eigenvalue weighted by Crippen LogP contribution is -2.29. The molecule has 1 aliphatic carbocycles. The number of hydrogen-bond acceptors (Lipinski definition) is 3. The first-order chi connectivity index (χ1) is 15.2. The predicted octanol–water partition coefficient (Wildman–Crippen LogP) is 4.43. The van der Waals surface area contributed by atoms with Crippen molar-refractivity contribution >= 4 is 5.91 Å². The summed E-state index contributed by atoms with van der Waals surface area (Å²) in [6, 6.07) is 23.0. The summed E-state index contributed by atoms with van der Waals surface area (Å²) >= 11 is 0. The summed E-state index contributed by atoms with van der Waals surface area (Å²) in [5.41, 5.74) is 7.62. The van der Waals surface area contributed by atoms with Crippen LogP contribution in [0.4, 0.5) is 0 Å². The van der Waals surface area contributed by atoms with Crippen LogP contribution in [0.1, 0.15) is 34.6 Å². The SMILES string of the molecule is COc1cccc(-c2ccc(CNC(=O)C3CC3c3ccccc3)c3c2CCNC3)c1. The number of carbonyl (C=O) groups excluding carboxylic acids is 1. The Bertz CT molecular complexity index is 1090. The Morgan fingerprint density at radius 1 is 1.06 bits per heavy atom. The second kappa shape index (κ2) is 8.56. The normalized spacial score (nSPS) is 19.4. The lowest BCUT2D eigenvalue weighted by Gasteiger charge is -2.24. The lowest BCUT2D eigenvalue weighted by atomic mass is 9.88. The van der Waals surface area contributed by atoms with Crippen molar-refractivity contribution in [1.29, 1.82) is 0 Å². The van der Waals surface area contributed by atoms with Crippen LogP contribution in [0.5, 0.6) is 5.75 Å². The highest BCUT2D eigenvalue weighted by molar-refractivity contribution is 5.83. The molecule has 31 heavy (non-hydrogen) atoms. The highest BCUT2D eigenvalue weighted by Gasteiger charge is 2.43. The maximum atomic E-state index is 12.7. The summed E-state index contributed by atoms with van der Waals surface area (Å²) in [4.78, 5) is 12.7. The predicted molar refractivity (Wildman–Crippen MR) is 123 cm³/mol. The molecule has 2 atom stereocenters. The van der Waals surface area contributed by atoms with Gasteiger partial charge in [-0.15, -0.1) is 0 Å². The molecule has 0 saturated heterocycles. The third-order valence-corrected chi connectivity index (χ3v) is 6.57. The fourth-order valence-corrected chi connectivity index (χ4v) is 4.77. The van der Waals surface area contributed by atoms with Crippen molar-refractivity contribution in [3.05, 3.63) is 89.0 Å². The second-order valence-electron chi connectivity index (χ2n) is 8.47. The molecule has 1 fully saturated rings. The van der Waals surface area contributed by atoms with E-state index in [1.165, 1.54) is 33.4 Å². The molecule has 1 heterocycles. The summed E-state index contributed by atoms with van der Waals surface area (Å²) < 4.78 is 5.42. The summed E-state index contributed by atoms with van der Waals surface area (Å²) in [5.74, 6) is 1.51. The number of ether oxygens (including phenoxy) is 1. The van der Waals surface area contributed by atoms with Crippen LogP contribution in [0.2, 0.25) is 0 Å². The number of carbonyl (C=O) groups is 1. The van der Waals surface area contributed by atoms with E-state index in [0.717, 1.165) is 31.7 Å². The highest BCUT2D eigenvalue weighted by atomic mass is 16.5. The van der Waals surface area contributed by atoms with Crippen LogP contribution in [0, 0.1) is 5.92 Å². The zero-order valence-corrected chi connectivity index (χ0v) is 17.9.